The number of carbonyl (C=O) groups excluding carboxylic acids is 1. The van der Waals surface area contributed by atoms with Crippen LogP contribution in [-0.4, -0.2) is 44.5 Å². The lowest BCUT2D eigenvalue weighted by Gasteiger charge is -2.45. The molecule has 3 aliphatic rings. The van der Waals surface area contributed by atoms with Crippen LogP contribution in [-0.2, 0) is 20.7 Å². The lowest BCUT2D eigenvalue weighted by atomic mass is 9.76. The Bertz CT molecular complexity index is 1890. The fourth-order valence-electron chi connectivity index (χ4n) is 6.98. The highest BCUT2D eigenvalue weighted by Crippen LogP contribution is 2.54. The van der Waals surface area contributed by atoms with Crippen molar-refractivity contribution in [2.75, 3.05) is 11.5 Å². The Labute approximate surface area is 253 Å². The maximum atomic E-state index is 13.8. The fourth-order valence-corrected chi connectivity index (χ4v) is 6.98. The van der Waals surface area contributed by atoms with Crippen molar-refractivity contribution in [2.45, 2.75) is 82.2 Å². The summed E-state index contributed by atoms with van der Waals surface area (Å²) in [5, 5.41) is 11.4. The zero-order valence-electron chi connectivity index (χ0n) is 24.8. The smallest absolute Gasteiger partial charge is 0.341 e. The molecule has 3 aliphatic heterocycles. The summed E-state index contributed by atoms with van der Waals surface area (Å²) in [7, 11) is 0. The molecule has 7 rings (SSSR count). The van der Waals surface area contributed by atoms with Crippen LogP contribution in [0.15, 0.2) is 51.8 Å². The van der Waals surface area contributed by atoms with Gasteiger partial charge in [-0.05, 0) is 82.7 Å². The lowest BCUT2D eigenvalue weighted by molar-refractivity contribution is -0.173. The van der Waals surface area contributed by atoms with E-state index in [0.29, 0.717) is 66.5 Å². The number of nitrogens with zero attached hydrogens (tertiary/aromatic N) is 2. The number of phenols is 1. The molecule has 4 atom stereocenters. The molecular formula is C33H34N4O7. The quantitative estimate of drug-likeness (QED) is 0.222. The number of phenolic OH excluding ortho intramolecular Hbond substituents is 1. The van der Waals surface area contributed by atoms with E-state index in [9.17, 15) is 14.7 Å². The standard InChI is InChI=1S/C33H34N4O7/c1-16-11-21(38)28-22(41-16)15-23-27(29(28)39)19-5-4-9-33(31(40)42-30(19)32(2,3)43-23)24(44-33)7-6-17-12-20(37-26(35)13-17)18-8-10-36-25(34)14-18/h8,10-15,19,24,30,39H,4-7,9H2,1-3H3,(H2,34,36)(H2,35,37)/t19-,24+,30+,33-/m0/s1. The number of nitrogen functional groups attached to an aromatic ring is 2. The van der Waals surface area contributed by atoms with E-state index in [1.165, 1.54) is 6.07 Å². The predicted molar refractivity (Wildman–Crippen MR) is 162 cm³/mol. The molecule has 11 heteroatoms. The van der Waals surface area contributed by atoms with Crippen molar-refractivity contribution in [2.24, 2.45) is 0 Å². The van der Waals surface area contributed by atoms with Crippen molar-refractivity contribution >= 4 is 28.6 Å². The Balaban J connectivity index is 1.12. The van der Waals surface area contributed by atoms with Gasteiger partial charge in [0.2, 0.25) is 0 Å². The van der Waals surface area contributed by atoms with E-state index in [4.69, 9.17) is 30.1 Å². The van der Waals surface area contributed by atoms with Gasteiger partial charge in [-0.25, -0.2) is 14.8 Å². The minimum atomic E-state index is -1.04. The number of ether oxygens (including phenoxy) is 3. The molecule has 2 saturated heterocycles. The molecule has 5 N–H and O–H groups in total. The molecule has 11 nitrogen and oxygen atoms in total. The molecule has 0 bridgehead atoms. The number of hydrogen-bond donors (Lipinski definition) is 3. The second-order valence-corrected chi connectivity index (χ2v) is 12.6. The average molecular weight is 599 g/mol. The number of esters is 1. The van der Waals surface area contributed by atoms with Crippen LogP contribution < -0.4 is 21.6 Å². The molecule has 0 saturated carbocycles. The summed E-state index contributed by atoms with van der Waals surface area (Å²) in [6.45, 7) is 5.39. The van der Waals surface area contributed by atoms with Crippen LogP contribution in [0, 0.1) is 6.92 Å². The van der Waals surface area contributed by atoms with E-state index in [2.05, 4.69) is 9.97 Å². The first kappa shape index (κ1) is 28.1. The molecular weight excluding hydrogens is 564 g/mol. The van der Waals surface area contributed by atoms with Gasteiger partial charge in [0.25, 0.3) is 0 Å². The molecule has 2 fully saturated rings. The largest absolute Gasteiger partial charge is 0.507 e. The first-order valence-electron chi connectivity index (χ1n) is 14.8. The van der Waals surface area contributed by atoms with Crippen LogP contribution in [0.4, 0.5) is 11.6 Å². The number of fused-ring (bicyclic) bond motifs is 4. The number of aromatic nitrogens is 2. The molecule has 44 heavy (non-hydrogen) atoms. The van der Waals surface area contributed by atoms with Crippen LogP contribution in [0.1, 0.15) is 62.3 Å². The molecule has 4 aromatic rings. The van der Waals surface area contributed by atoms with E-state index < -0.39 is 23.3 Å². The highest BCUT2D eigenvalue weighted by Gasteiger charge is 2.65. The van der Waals surface area contributed by atoms with Gasteiger partial charge in [-0.1, -0.05) is 0 Å². The van der Waals surface area contributed by atoms with Crippen LogP contribution in [0.25, 0.3) is 22.2 Å². The first-order chi connectivity index (χ1) is 20.9. The van der Waals surface area contributed by atoms with Gasteiger partial charge in [-0.3, -0.25) is 4.79 Å². The third-order valence-electron chi connectivity index (χ3n) is 9.05. The normalized spacial score (nSPS) is 25.3. The molecule has 3 aromatic heterocycles. The number of pyridine rings is 2. The fraction of sp³-hybridized carbons (Fsp3) is 0.394. The van der Waals surface area contributed by atoms with Gasteiger partial charge in [0.15, 0.2) is 11.0 Å². The molecule has 1 aromatic carbocycles. The number of benzene rings is 1. The number of nitrogens with two attached hydrogens (primary N) is 2. The Hall–Kier alpha value is -4.64. The molecule has 0 amide bonds. The summed E-state index contributed by atoms with van der Waals surface area (Å²) in [6.07, 6.45) is 3.55. The molecule has 6 heterocycles. The van der Waals surface area contributed by atoms with Gasteiger partial charge in [-0.2, -0.15) is 0 Å². The van der Waals surface area contributed by atoms with Gasteiger partial charge in [0, 0.05) is 35.4 Å². The summed E-state index contributed by atoms with van der Waals surface area (Å²) in [5.74, 6) is 0.644. The highest BCUT2D eigenvalue weighted by atomic mass is 16.7. The topological polar surface area (TPSA) is 176 Å². The summed E-state index contributed by atoms with van der Waals surface area (Å²) in [6, 6.07) is 10.4. The number of anilines is 2. The van der Waals surface area contributed by atoms with Gasteiger partial charge >= 0.3 is 5.97 Å². The van der Waals surface area contributed by atoms with Gasteiger partial charge in [0.05, 0.1) is 11.8 Å². The zero-order valence-corrected chi connectivity index (χ0v) is 24.8. The molecule has 0 aliphatic carbocycles. The SMILES string of the molecule is Cc1cc(=O)c2c(O)c3c(cc2o1)OC(C)(C)[C@@H]1OC(=O)[C@@]2(CCC[C@@H]31)O[C@@H]2CCc1cc(N)nc(-c2ccnc(N)c2)c1. The van der Waals surface area contributed by atoms with E-state index in [1.807, 2.05) is 32.0 Å². The summed E-state index contributed by atoms with van der Waals surface area (Å²) < 4.78 is 24.4. The summed E-state index contributed by atoms with van der Waals surface area (Å²) >= 11 is 0. The molecule has 0 radical (unpaired) electrons. The Kier molecular flexibility index (Phi) is 6.36. The van der Waals surface area contributed by atoms with Crippen molar-refractivity contribution in [3.8, 4) is 22.8 Å². The van der Waals surface area contributed by atoms with Crippen molar-refractivity contribution in [1.82, 2.24) is 9.97 Å². The molecule has 228 valence electrons. The predicted octanol–water partition coefficient (Wildman–Crippen LogP) is 4.55. The average Bonchev–Trinajstić information content (AvgIpc) is 3.66. The number of aryl methyl sites for hydroxylation is 2. The summed E-state index contributed by atoms with van der Waals surface area (Å²) in [5.41, 5.74) is 12.9. The molecule has 0 unspecified atom stereocenters. The lowest BCUT2D eigenvalue weighted by Crippen LogP contribution is -2.53. The number of carbonyl (C=O) groups is 1. The van der Waals surface area contributed by atoms with Crippen molar-refractivity contribution in [1.29, 1.82) is 0 Å². The Morgan fingerprint density at radius 1 is 1.09 bits per heavy atom. The number of rotatable bonds is 4. The van der Waals surface area contributed by atoms with Crippen LogP contribution in [0.5, 0.6) is 11.5 Å². The van der Waals surface area contributed by atoms with Crippen molar-refractivity contribution < 1.29 is 28.5 Å². The molecule has 1 spiro atoms. The Morgan fingerprint density at radius 2 is 1.91 bits per heavy atom. The third kappa shape index (κ3) is 4.62. The highest BCUT2D eigenvalue weighted by molar-refractivity contribution is 5.88. The maximum Gasteiger partial charge on any atom is 0.341 e. The van der Waals surface area contributed by atoms with Crippen LogP contribution >= 0.6 is 0 Å². The second-order valence-electron chi connectivity index (χ2n) is 12.6. The van der Waals surface area contributed by atoms with E-state index in [1.54, 1.807) is 25.3 Å². The number of epoxide rings is 1. The van der Waals surface area contributed by atoms with E-state index in [-0.39, 0.29) is 34.2 Å². The van der Waals surface area contributed by atoms with Gasteiger partial charge in [0.1, 0.15) is 51.6 Å². The number of aromatic hydroxyl groups is 1. The summed E-state index contributed by atoms with van der Waals surface area (Å²) in [4.78, 5) is 35.0. The zero-order chi connectivity index (χ0) is 31.0. The first-order valence-corrected chi connectivity index (χ1v) is 14.8. The minimum absolute atomic E-state index is 0.0964. The van der Waals surface area contributed by atoms with Crippen LogP contribution in [0.3, 0.4) is 0 Å². The second kappa shape index (κ2) is 9.95. The maximum absolute atomic E-state index is 13.8. The van der Waals surface area contributed by atoms with E-state index in [0.717, 1.165) is 11.1 Å². The number of hydrogen-bond acceptors (Lipinski definition) is 11. The Morgan fingerprint density at radius 3 is 2.70 bits per heavy atom. The van der Waals surface area contributed by atoms with Gasteiger partial charge < -0.3 is 35.2 Å². The van der Waals surface area contributed by atoms with Crippen LogP contribution in [0.2, 0.25) is 0 Å². The van der Waals surface area contributed by atoms with E-state index >= 15 is 0 Å². The minimum Gasteiger partial charge on any atom is -0.507 e. The monoisotopic (exact) mass is 598 g/mol. The van der Waals surface area contributed by atoms with Gasteiger partial charge in [-0.15, -0.1) is 0 Å². The third-order valence-corrected chi connectivity index (χ3v) is 9.05. The van der Waals surface area contributed by atoms with Crippen molar-refractivity contribution in [3.05, 3.63) is 69.7 Å². The van der Waals surface area contributed by atoms with Crippen molar-refractivity contribution in [3.63, 3.8) is 0 Å².